The predicted octanol–water partition coefficient (Wildman–Crippen LogP) is 4.01. The highest BCUT2D eigenvalue weighted by atomic mass is 79.9. The minimum Gasteiger partial charge on any atom is -0.298 e. The zero-order chi connectivity index (χ0) is 13.0. The molecular formula is C14H13BrN2S. The average Bonchev–Trinajstić information content (AvgIpc) is 2.75. The van der Waals surface area contributed by atoms with E-state index in [-0.39, 0.29) is 0 Å². The SMILES string of the molecule is CN(Cc1csc(Br)c1)Cc1ccccc1C#N. The summed E-state index contributed by atoms with van der Waals surface area (Å²) in [5, 5.41) is 11.2. The fourth-order valence-electron chi connectivity index (χ4n) is 1.85. The van der Waals surface area contributed by atoms with E-state index in [0.717, 1.165) is 28.0 Å². The van der Waals surface area contributed by atoms with Gasteiger partial charge in [0.15, 0.2) is 0 Å². The molecule has 0 saturated heterocycles. The summed E-state index contributed by atoms with van der Waals surface area (Å²) in [6, 6.07) is 12.1. The standard InChI is InChI=1S/C14H13BrN2S/c1-17(8-11-6-14(15)18-10-11)9-13-5-3-2-4-12(13)7-16/h2-6,10H,8-9H2,1H3. The van der Waals surface area contributed by atoms with Crippen molar-refractivity contribution in [3.05, 3.63) is 56.2 Å². The largest absolute Gasteiger partial charge is 0.298 e. The van der Waals surface area contributed by atoms with Crippen LogP contribution in [0.1, 0.15) is 16.7 Å². The Morgan fingerprint density at radius 3 is 2.78 bits per heavy atom. The Balaban J connectivity index is 2.03. The molecule has 0 radical (unpaired) electrons. The molecule has 2 rings (SSSR count). The lowest BCUT2D eigenvalue weighted by Gasteiger charge is -2.16. The summed E-state index contributed by atoms with van der Waals surface area (Å²) in [5.41, 5.74) is 3.14. The maximum absolute atomic E-state index is 9.05. The molecule has 0 aliphatic rings. The summed E-state index contributed by atoms with van der Waals surface area (Å²) in [5.74, 6) is 0. The Morgan fingerprint density at radius 2 is 2.11 bits per heavy atom. The quantitative estimate of drug-likeness (QED) is 0.850. The van der Waals surface area contributed by atoms with E-state index in [4.69, 9.17) is 5.26 Å². The van der Waals surface area contributed by atoms with Gasteiger partial charge in [-0.1, -0.05) is 18.2 Å². The summed E-state index contributed by atoms with van der Waals surface area (Å²) in [4.78, 5) is 2.21. The van der Waals surface area contributed by atoms with Crippen LogP contribution in [0.5, 0.6) is 0 Å². The first-order chi connectivity index (χ1) is 8.69. The van der Waals surface area contributed by atoms with Gasteiger partial charge in [-0.15, -0.1) is 11.3 Å². The van der Waals surface area contributed by atoms with Crippen LogP contribution < -0.4 is 0 Å². The summed E-state index contributed by atoms with van der Waals surface area (Å²) >= 11 is 5.17. The van der Waals surface area contributed by atoms with Gasteiger partial charge in [0.25, 0.3) is 0 Å². The Kier molecular flexibility index (Phi) is 4.54. The van der Waals surface area contributed by atoms with Gasteiger partial charge in [-0.3, -0.25) is 4.90 Å². The van der Waals surface area contributed by atoms with Gasteiger partial charge in [0.1, 0.15) is 0 Å². The molecule has 2 aromatic rings. The first-order valence-electron chi connectivity index (χ1n) is 5.58. The van der Waals surface area contributed by atoms with E-state index >= 15 is 0 Å². The zero-order valence-corrected chi connectivity index (χ0v) is 12.5. The van der Waals surface area contributed by atoms with E-state index in [0.29, 0.717) is 0 Å². The number of nitriles is 1. The van der Waals surface area contributed by atoms with Crippen molar-refractivity contribution in [3.63, 3.8) is 0 Å². The molecule has 0 spiro atoms. The van der Waals surface area contributed by atoms with Crippen LogP contribution in [0.4, 0.5) is 0 Å². The molecule has 0 N–H and O–H groups in total. The van der Waals surface area contributed by atoms with Gasteiger partial charge >= 0.3 is 0 Å². The number of benzene rings is 1. The van der Waals surface area contributed by atoms with Crippen molar-refractivity contribution in [3.8, 4) is 6.07 Å². The molecule has 92 valence electrons. The van der Waals surface area contributed by atoms with Crippen molar-refractivity contribution in [1.82, 2.24) is 4.90 Å². The van der Waals surface area contributed by atoms with E-state index < -0.39 is 0 Å². The maximum Gasteiger partial charge on any atom is 0.0995 e. The molecule has 0 bridgehead atoms. The third kappa shape index (κ3) is 3.42. The molecule has 2 nitrogen and oxygen atoms in total. The van der Waals surface area contributed by atoms with Crippen LogP contribution in [0.2, 0.25) is 0 Å². The lowest BCUT2D eigenvalue weighted by Crippen LogP contribution is -2.17. The van der Waals surface area contributed by atoms with Crippen molar-refractivity contribution >= 4 is 27.3 Å². The van der Waals surface area contributed by atoms with Crippen LogP contribution in [0.15, 0.2) is 39.5 Å². The zero-order valence-electron chi connectivity index (χ0n) is 10.1. The Morgan fingerprint density at radius 1 is 1.33 bits per heavy atom. The average molecular weight is 321 g/mol. The lowest BCUT2D eigenvalue weighted by atomic mass is 10.1. The van der Waals surface area contributed by atoms with Gasteiger partial charge in [0.2, 0.25) is 0 Å². The van der Waals surface area contributed by atoms with Crippen molar-refractivity contribution in [2.45, 2.75) is 13.1 Å². The van der Waals surface area contributed by atoms with Crippen molar-refractivity contribution in [2.75, 3.05) is 7.05 Å². The van der Waals surface area contributed by atoms with Crippen molar-refractivity contribution in [2.24, 2.45) is 0 Å². The highest BCUT2D eigenvalue weighted by Crippen LogP contribution is 2.22. The van der Waals surface area contributed by atoms with Crippen LogP contribution in [0.25, 0.3) is 0 Å². The second-order valence-electron chi connectivity index (χ2n) is 4.20. The predicted molar refractivity (Wildman–Crippen MR) is 78.3 cm³/mol. The van der Waals surface area contributed by atoms with Gasteiger partial charge < -0.3 is 0 Å². The summed E-state index contributed by atoms with van der Waals surface area (Å²) < 4.78 is 1.16. The smallest absolute Gasteiger partial charge is 0.0995 e. The van der Waals surface area contributed by atoms with Crippen LogP contribution in [-0.2, 0) is 13.1 Å². The van der Waals surface area contributed by atoms with Crippen LogP contribution >= 0.6 is 27.3 Å². The van der Waals surface area contributed by atoms with Crippen LogP contribution in [0.3, 0.4) is 0 Å². The third-order valence-corrected chi connectivity index (χ3v) is 4.21. The van der Waals surface area contributed by atoms with E-state index in [2.05, 4.69) is 45.4 Å². The number of hydrogen-bond donors (Lipinski definition) is 0. The van der Waals surface area contributed by atoms with Crippen LogP contribution in [-0.4, -0.2) is 11.9 Å². The fourth-order valence-corrected chi connectivity index (χ4v) is 3.05. The molecule has 4 heteroatoms. The molecule has 0 saturated carbocycles. The summed E-state index contributed by atoms with van der Waals surface area (Å²) in [7, 11) is 2.07. The topological polar surface area (TPSA) is 27.0 Å². The molecule has 1 heterocycles. The Labute approximate surface area is 120 Å². The van der Waals surface area contributed by atoms with Gasteiger partial charge in [0.05, 0.1) is 15.4 Å². The van der Waals surface area contributed by atoms with Crippen LogP contribution in [0, 0.1) is 11.3 Å². The van der Waals surface area contributed by atoms with E-state index in [9.17, 15) is 0 Å². The molecule has 0 aliphatic heterocycles. The number of halogens is 1. The Bertz CT molecular complexity index is 571. The Hall–Kier alpha value is -1.15. The maximum atomic E-state index is 9.05. The second kappa shape index (κ2) is 6.14. The first-order valence-corrected chi connectivity index (χ1v) is 7.26. The molecular weight excluding hydrogens is 308 g/mol. The number of thiophene rings is 1. The molecule has 18 heavy (non-hydrogen) atoms. The number of nitrogens with zero attached hydrogens (tertiary/aromatic N) is 2. The molecule has 0 fully saturated rings. The molecule has 1 aromatic carbocycles. The van der Waals surface area contributed by atoms with E-state index in [1.54, 1.807) is 11.3 Å². The molecule has 1 aromatic heterocycles. The highest BCUT2D eigenvalue weighted by Gasteiger charge is 2.06. The van der Waals surface area contributed by atoms with E-state index in [1.165, 1.54) is 5.56 Å². The fraction of sp³-hybridized carbons (Fsp3) is 0.214. The molecule has 0 atom stereocenters. The minimum atomic E-state index is 0.760. The third-order valence-electron chi connectivity index (χ3n) is 2.65. The van der Waals surface area contributed by atoms with Gasteiger partial charge in [0, 0.05) is 13.1 Å². The van der Waals surface area contributed by atoms with Crippen molar-refractivity contribution in [1.29, 1.82) is 5.26 Å². The van der Waals surface area contributed by atoms with Gasteiger partial charge in [-0.05, 0) is 51.6 Å². The molecule has 0 unspecified atom stereocenters. The first kappa shape index (κ1) is 13.3. The number of hydrogen-bond acceptors (Lipinski definition) is 3. The van der Waals surface area contributed by atoms with Crippen molar-refractivity contribution < 1.29 is 0 Å². The van der Waals surface area contributed by atoms with Gasteiger partial charge in [-0.2, -0.15) is 5.26 Å². The highest BCUT2D eigenvalue weighted by molar-refractivity contribution is 9.11. The lowest BCUT2D eigenvalue weighted by molar-refractivity contribution is 0.319. The number of rotatable bonds is 4. The minimum absolute atomic E-state index is 0.760. The van der Waals surface area contributed by atoms with E-state index in [1.807, 2.05) is 24.3 Å². The summed E-state index contributed by atoms with van der Waals surface area (Å²) in [6.07, 6.45) is 0. The monoisotopic (exact) mass is 320 g/mol. The second-order valence-corrected chi connectivity index (χ2v) is 6.49. The molecule has 0 amide bonds. The summed E-state index contributed by atoms with van der Waals surface area (Å²) in [6.45, 7) is 1.68. The molecule has 0 aliphatic carbocycles. The normalized spacial score (nSPS) is 10.6. The van der Waals surface area contributed by atoms with Gasteiger partial charge in [-0.25, -0.2) is 0 Å².